The van der Waals surface area contributed by atoms with Crippen molar-refractivity contribution in [3.63, 3.8) is 0 Å². The Morgan fingerprint density at radius 3 is 2.66 bits per heavy atom. The molecule has 2 aromatic heterocycles. The Morgan fingerprint density at radius 2 is 2.00 bits per heavy atom. The van der Waals surface area contributed by atoms with Gasteiger partial charge in [-0.1, -0.05) is 0 Å². The fraction of sp³-hybridized carbons (Fsp3) is 0.667. The van der Waals surface area contributed by atoms with Crippen molar-refractivity contribution in [3.8, 4) is 0 Å². The molecule has 0 aliphatic carbocycles. The Kier molecular flexibility index (Phi) is 6.03. The maximum Gasteiger partial charge on any atom is 0.273 e. The number of ether oxygens (including phenoxy) is 1. The number of amides is 1. The Labute approximate surface area is 176 Å². The van der Waals surface area contributed by atoms with Crippen LogP contribution < -0.4 is 0 Å². The molecule has 0 aromatic carbocycles. The largest absolute Gasteiger partial charge is 0.371 e. The molecule has 0 atom stereocenters. The van der Waals surface area contributed by atoms with Gasteiger partial charge in [-0.15, -0.1) is 11.3 Å². The highest BCUT2D eigenvalue weighted by Gasteiger charge is 2.41. The molecule has 2 aromatic rings. The lowest BCUT2D eigenvalue weighted by atomic mass is 9.89. The van der Waals surface area contributed by atoms with Crippen LogP contribution in [0.3, 0.4) is 0 Å². The van der Waals surface area contributed by atoms with Crippen LogP contribution in [-0.4, -0.2) is 75.4 Å². The molecule has 158 valence electrons. The van der Waals surface area contributed by atoms with Gasteiger partial charge in [0.25, 0.3) is 5.91 Å². The molecule has 29 heavy (non-hydrogen) atoms. The van der Waals surface area contributed by atoms with E-state index in [-0.39, 0.29) is 11.5 Å². The maximum atomic E-state index is 12.8. The van der Waals surface area contributed by atoms with Crippen molar-refractivity contribution < 1.29 is 9.53 Å². The van der Waals surface area contributed by atoms with Gasteiger partial charge in [-0.05, 0) is 52.6 Å². The Balaban J connectivity index is 1.26. The average Bonchev–Trinajstić information content (AvgIpc) is 3.28. The molecule has 2 aliphatic rings. The van der Waals surface area contributed by atoms with Crippen molar-refractivity contribution in [1.82, 2.24) is 24.6 Å². The van der Waals surface area contributed by atoms with Gasteiger partial charge in [0.1, 0.15) is 5.69 Å². The van der Waals surface area contributed by atoms with Gasteiger partial charge in [-0.25, -0.2) is 4.98 Å². The third-order valence-corrected chi connectivity index (χ3v) is 6.86. The van der Waals surface area contributed by atoms with Crippen LogP contribution in [0.25, 0.3) is 0 Å². The molecule has 7 nitrogen and oxygen atoms in total. The Bertz CT molecular complexity index is 853. The topological polar surface area (TPSA) is 63.5 Å². The van der Waals surface area contributed by atoms with E-state index in [1.165, 1.54) is 17.0 Å². The molecule has 1 amide bonds. The lowest BCUT2D eigenvalue weighted by Crippen LogP contribution is -2.58. The second-order valence-electron chi connectivity index (χ2n) is 8.36. The molecule has 0 saturated carbocycles. The number of piperidine rings is 1. The standard InChI is InChI=1S/C21H31N5O2S/c1-16-13-17(2)26(23-16)8-4-7-24-9-5-21(6-10-24)15-25(11-12-28-21)20(27)19-14-29-18(3)22-19/h13-14H,4-12,15H2,1-3H3. The minimum atomic E-state index is -0.189. The fourth-order valence-corrected chi connectivity index (χ4v) is 5.06. The number of aryl methyl sites for hydroxylation is 4. The molecule has 4 heterocycles. The number of morpholine rings is 1. The number of carbonyl (C=O) groups is 1. The summed E-state index contributed by atoms with van der Waals surface area (Å²) >= 11 is 1.53. The summed E-state index contributed by atoms with van der Waals surface area (Å²) < 4.78 is 8.32. The van der Waals surface area contributed by atoms with E-state index in [0.717, 1.165) is 56.1 Å². The molecule has 2 saturated heterocycles. The van der Waals surface area contributed by atoms with Gasteiger partial charge >= 0.3 is 0 Å². The van der Waals surface area contributed by atoms with Crippen LogP contribution in [0.4, 0.5) is 0 Å². The third-order valence-electron chi connectivity index (χ3n) is 6.09. The molecular weight excluding hydrogens is 386 g/mol. The highest BCUT2D eigenvalue weighted by Crippen LogP contribution is 2.31. The summed E-state index contributed by atoms with van der Waals surface area (Å²) in [5, 5.41) is 7.35. The molecule has 2 fully saturated rings. The number of likely N-dealkylation sites (tertiary alicyclic amines) is 1. The van der Waals surface area contributed by atoms with Gasteiger partial charge in [0.05, 0.1) is 29.5 Å². The van der Waals surface area contributed by atoms with E-state index in [2.05, 4.69) is 32.7 Å². The van der Waals surface area contributed by atoms with Crippen molar-refractivity contribution in [2.75, 3.05) is 39.3 Å². The van der Waals surface area contributed by atoms with Crippen LogP contribution >= 0.6 is 11.3 Å². The van der Waals surface area contributed by atoms with Crippen LogP contribution in [0.5, 0.6) is 0 Å². The number of aromatic nitrogens is 3. The normalized spacial score (nSPS) is 19.8. The molecule has 8 heteroatoms. The van der Waals surface area contributed by atoms with Crippen molar-refractivity contribution in [1.29, 1.82) is 0 Å². The van der Waals surface area contributed by atoms with Gasteiger partial charge < -0.3 is 14.5 Å². The Hall–Kier alpha value is -1.77. The fourth-order valence-electron chi connectivity index (χ4n) is 4.47. The third kappa shape index (κ3) is 4.70. The lowest BCUT2D eigenvalue weighted by molar-refractivity contribution is -0.127. The molecule has 1 spiro atoms. The van der Waals surface area contributed by atoms with Crippen LogP contribution in [0.15, 0.2) is 11.4 Å². The van der Waals surface area contributed by atoms with E-state index < -0.39 is 0 Å². The van der Waals surface area contributed by atoms with Crippen molar-refractivity contribution >= 4 is 17.2 Å². The summed E-state index contributed by atoms with van der Waals surface area (Å²) in [6, 6.07) is 2.13. The van der Waals surface area contributed by atoms with Gasteiger partial charge in [0, 0.05) is 37.3 Å². The van der Waals surface area contributed by atoms with E-state index >= 15 is 0 Å². The smallest absolute Gasteiger partial charge is 0.273 e. The monoisotopic (exact) mass is 417 g/mol. The first-order valence-corrected chi connectivity index (χ1v) is 11.4. The van der Waals surface area contributed by atoms with E-state index in [1.54, 1.807) is 0 Å². The average molecular weight is 418 g/mol. The summed E-state index contributed by atoms with van der Waals surface area (Å²) in [5.41, 5.74) is 2.70. The number of hydrogen-bond acceptors (Lipinski definition) is 6. The first-order valence-electron chi connectivity index (χ1n) is 10.5. The quantitative estimate of drug-likeness (QED) is 0.748. The predicted octanol–water partition coefficient (Wildman–Crippen LogP) is 2.66. The van der Waals surface area contributed by atoms with Gasteiger partial charge in [0.2, 0.25) is 0 Å². The number of rotatable bonds is 5. The summed E-state index contributed by atoms with van der Waals surface area (Å²) in [4.78, 5) is 21.6. The zero-order valence-corrected chi connectivity index (χ0v) is 18.5. The highest BCUT2D eigenvalue weighted by atomic mass is 32.1. The molecule has 0 radical (unpaired) electrons. The second kappa shape index (κ2) is 8.53. The van der Waals surface area contributed by atoms with E-state index in [0.29, 0.717) is 25.4 Å². The van der Waals surface area contributed by atoms with Gasteiger partial charge in [0.15, 0.2) is 0 Å². The van der Waals surface area contributed by atoms with Crippen LogP contribution in [0, 0.1) is 20.8 Å². The highest BCUT2D eigenvalue weighted by molar-refractivity contribution is 7.09. The van der Waals surface area contributed by atoms with E-state index in [4.69, 9.17) is 4.74 Å². The number of nitrogens with zero attached hydrogens (tertiary/aromatic N) is 5. The van der Waals surface area contributed by atoms with Crippen molar-refractivity contribution in [3.05, 3.63) is 33.5 Å². The summed E-state index contributed by atoms with van der Waals surface area (Å²) in [7, 11) is 0. The van der Waals surface area contributed by atoms with Crippen LogP contribution in [-0.2, 0) is 11.3 Å². The predicted molar refractivity (Wildman–Crippen MR) is 113 cm³/mol. The van der Waals surface area contributed by atoms with E-state index in [9.17, 15) is 4.79 Å². The molecule has 4 rings (SSSR count). The number of carbonyl (C=O) groups excluding carboxylic acids is 1. The van der Waals surface area contributed by atoms with Crippen molar-refractivity contribution in [2.45, 2.75) is 52.2 Å². The number of thiazole rings is 1. The lowest BCUT2D eigenvalue weighted by Gasteiger charge is -2.47. The second-order valence-corrected chi connectivity index (χ2v) is 9.42. The molecule has 0 N–H and O–H groups in total. The minimum Gasteiger partial charge on any atom is -0.371 e. The van der Waals surface area contributed by atoms with Crippen molar-refractivity contribution in [2.24, 2.45) is 0 Å². The number of hydrogen-bond donors (Lipinski definition) is 0. The zero-order valence-electron chi connectivity index (χ0n) is 17.7. The molecular formula is C21H31N5O2S. The summed E-state index contributed by atoms with van der Waals surface area (Å²) in [6.45, 7) is 12.1. The first-order chi connectivity index (χ1) is 13.9. The SMILES string of the molecule is Cc1cc(C)n(CCCN2CCC3(CC2)CN(C(=O)c2csc(C)n2)CCO3)n1. The van der Waals surface area contributed by atoms with Gasteiger partial charge in [-0.2, -0.15) is 5.10 Å². The molecule has 0 bridgehead atoms. The maximum absolute atomic E-state index is 12.8. The van der Waals surface area contributed by atoms with E-state index in [1.807, 2.05) is 24.1 Å². The minimum absolute atomic E-state index is 0.0457. The molecule has 2 aliphatic heterocycles. The van der Waals surface area contributed by atoms with Gasteiger partial charge in [-0.3, -0.25) is 9.48 Å². The molecule has 0 unspecified atom stereocenters. The zero-order chi connectivity index (χ0) is 20.4. The Morgan fingerprint density at radius 1 is 1.21 bits per heavy atom. The summed E-state index contributed by atoms with van der Waals surface area (Å²) in [5.74, 6) is 0.0457. The van der Waals surface area contributed by atoms with Crippen LogP contribution in [0.1, 0.15) is 46.1 Å². The van der Waals surface area contributed by atoms with Crippen LogP contribution in [0.2, 0.25) is 0 Å². The summed E-state index contributed by atoms with van der Waals surface area (Å²) in [6.07, 6.45) is 3.06. The first kappa shape index (κ1) is 20.5.